The molecular formula is C13H18O8. The van der Waals surface area contributed by atoms with Crippen molar-refractivity contribution in [3.05, 3.63) is 24.2 Å². The van der Waals surface area contributed by atoms with E-state index in [0.717, 1.165) is 0 Å². The second-order valence-corrected chi connectivity index (χ2v) is 4.53. The number of carbonyl (C=O) groups is 1. The summed E-state index contributed by atoms with van der Waals surface area (Å²) in [7, 11) is 2.59. The Hall–Kier alpha value is -1.45. The topological polar surface area (TPSA) is 108 Å². The number of ether oxygens (including phenoxy) is 4. The molecule has 0 aliphatic carbocycles. The molecule has 2 rings (SSSR count). The van der Waals surface area contributed by atoms with Gasteiger partial charge in [-0.3, -0.25) is 0 Å². The Kier molecular flexibility index (Phi) is 5.32. The third-order valence-electron chi connectivity index (χ3n) is 3.22. The van der Waals surface area contributed by atoms with E-state index in [2.05, 4.69) is 0 Å². The highest BCUT2D eigenvalue weighted by Gasteiger charge is 2.48. The molecule has 21 heavy (non-hydrogen) atoms. The van der Waals surface area contributed by atoms with E-state index >= 15 is 0 Å². The molecule has 8 heteroatoms. The summed E-state index contributed by atoms with van der Waals surface area (Å²) in [5, 5.41) is 19.7. The van der Waals surface area contributed by atoms with Crippen LogP contribution in [0.3, 0.4) is 0 Å². The fourth-order valence-corrected chi connectivity index (χ4v) is 2.10. The van der Waals surface area contributed by atoms with Crippen LogP contribution in [0.5, 0.6) is 0 Å². The summed E-state index contributed by atoms with van der Waals surface area (Å²) in [4.78, 5) is 12.1. The van der Waals surface area contributed by atoms with Crippen molar-refractivity contribution in [2.75, 3.05) is 14.2 Å². The van der Waals surface area contributed by atoms with Crippen LogP contribution in [0, 0.1) is 0 Å². The van der Waals surface area contributed by atoms with Crippen molar-refractivity contribution in [1.29, 1.82) is 0 Å². The van der Waals surface area contributed by atoms with Crippen LogP contribution < -0.4 is 0 Å². The van der Waals surface area contributed by atoms with Crippen LogP contribution in [-0.2, 0) is 30.3 Å². The van der Waals surface area contributed by atoms with Crippen molar-refractivity contribution in [2.24, 2.45) is 0 Å². The highest BCUT2D eigenvalue weighted by atomic mass is 16.7. The van der Waals surface area contributed by atoms with Gasteiger partial charge in [0.05, 0.1) is 6.26 Å². The van der Waals surface area contributed by atoms with Gasteiger partial charge in [-0.1, -0.05) is 0 Å². The fourth-order valence-electron chi connectivity index (χ4n) is 2.10. The number of aliphatic hydroxyl groups excluding tert-OH is 2. The molecule has 0 aromatic carbocycles. The molecule has 1 saturated heterocycles. The van der Waals surface area contributed by atoms with Gasteiger partial charge in [0.25, 0.3) is 0 Å². The lowest BCUT2D eigenvalue weighted by Crippen LogP contribution is -2.61. The Balaban J connectivity index is 2.02. The summed E-state index contributed by atoms with van der Waals surface area (Å²) in [6, 6.07) is 3.32. The maximum absolute atomic E-state index is 12.1. The van der Waals surface area contributed by atoms with E-state index in [4.69, 9.17) is 23.4 Å². The summed E-state index contributed by atoms with van der Waals surface area (Å²) >= 11 is 0. The van der Waals surface area contributed by atoms with Crippen molar-refractivity contribution in [3.63, 3.8) is 0 Å². The van der Waals surface area contributed by atoms with Crippen LogP contribution in [0.1, 0.15) is 5.76 Å². The molecule has 118 valence electrons. The highest BCUT2D eigenvalue weighted by molar-refractivity contribution is 5.75. The van der Waals surface area contributed by atoms with E-state index in [0.29, 0.717) is 5.76 Å². The minimum absolute atomic E-state index is 0.0710. The molecule has 2 N–H and O–H groups in total. The molecule has 0 bridgehead atoms. The number of hydrogen-bond acceptors (Lipinski definition) is 8. The van der Waals surface area contributed by atoms with Crippen LogP contribution >= 0.6 is 0 Å². The molecule has 0 amide bonds. The molecule has 0 spiro atoms. The number of furan rings is 1. The summed E-state index contributed by atoms with van der Waals surface area (Å²) in [5.41, 5.74) is 0. The molecule has 1 aromatic rings. The van der Waals surface area contributed by atoms with Gasteiger partial charge in [0.1, 0.15) is 30.7 Å². The largest absolute Gasteiger partial charge is 0.466 e. The molecule has 8 nitrogen and oxygen atoms in total. The van der Waals surface area contributed by atoms with Gasteiger partial charge in [-0.15, -0.1) is 0 Å². The van der Waals surface area contributed by atoms with Crippen molar-refractivity contribution >= 4 is 5.97 Å². The quantitative estimate of drug-likeness (QED) is 0.696. The summed E-state index contributed by atoms with van der Waals surface area (Å²) in [6.07, 6.45) is -4.63. The number of carbonyl (C=O) groups excluding carboxylic acids is 1. The Morgan fingerprint density at radius 2 is 2.05 bits per heavy atom. The van der Waals surface area contributed by atoms with E-state index in [1.807, 2.05) is 0 Å². The molecular weight excluding hydrogens is 284 g/mol. The van der Waals surface area contributed by atoms with Gasteiger partial charge < -0.3 is 33.6 Å². The zero-order valence-electron chi connectivity index (χ0n) is 11.7. The van der Waals surface area contributed by atoms with E-state index in [1.165, 1.54) is 20.5 Å². The Morgan fingerprint density at radius 1 is 1.29 bits per heavy atom. The van der Waals surface area contributed by atoms with E-state index in [-0.39, 0.29) is 6.61 Å². The van der Waals surface area contributed by atoms with Crippen molar-refractivity contribution < 1.29 is 38.4 Å². The highest BCUT2D eigenvalue weighted by Crippen LogP contribution is 2.24. The molecule has 1 unspecified atom stereocenters. The van der Waals surface area contributed by atoms with Crippen LogP contribution in [0.15, 0.2) is 22.8 Å². The second kappa shape index (κ2) is 7.01. The van der Waals surface area contributed by atoms with Gasteiger partial charge in [-0.05, 0) is 12.1 Å². The first-order valence-corrected chi connectivity index (χ1v) is 6.34. The molecule has 1 aliphatic heterocycles. The van der Waals surface area contributed by atoms with Gasteiger partial charge in [-0.25, -0.2) is 4.79 Å². The SMILES string of the molecule is CO[C@@H]1OC(C(=O)OCc2ccco2)[C@@H](OC)[C@H](O)[C@@H]1O. The summed E-state index contributed by atoms with van der Waals surface area (Å²) in [5.74, 6) is -0.275. The first-order valence-electron chi connectivity index (χ1n) is 6.34. The molecule has 2 heterocycles. The lowest BCUT2D eigenvalue weighted by molar-refractivity contribution is -0.292. The molecule has 0 radical (unpaired) electrons. The summed E-state index contributed by atoms with van der Waals surface area (Å²) in [6.45, 7) is -0.0710. The lowest BCUT2D eigenvalue weighted by atomic mass is 9.98. The lowest BCUT2D eigenvalue weighted by Gasteiger charge is -2.40. The van der Waals surface area contributed by atoms with E-state index in [1.54, 1.807) is 12.1 Å². The third kappa shape index (κ3) is 3.42. The smallest absolute Gasteiger partial charge is 0.338 e. The van der Waals surface area contributed by atoms with Gasteiger partial charge in [0.2, 0.25) is 0 Å². The van der Waals surface area contributed by atoms with E-state index < -0.39 is 36.7 Å². The van der Waals surface area contributed by atoms with Gasteiger partial charge in [0.15, 0.2) is 12.4 Å². The number of methoxy groups -OCH3 is 2. The van der Waals surface area contributed by atoms with E-state index in [9.17, 15) is 15.0 Å². The van der Waals surface area contributed by atoms with Crippen molar-refractivity contribution in [1.82, 2.24) is 0 Å². The van der Waals surface area contributed by atoms with Gasteiger partial charge in [0, 0.05) is 14.2 Å². The molecule has 5 atom stereocenters. The van der Waals surface area contributed by atoms with Crippen LogP contribution in [-0.4, -0.2) is 61.1 Å². The number of esters is 1. The predicted molar refractivity (Wildman–Crippen MR) is 67.0 cm³/mol. The Labute approximate surface area is 121 Å². The zero-order chi connectivity index (χ0) is 15.4. The normalized spacial score (nSPS) is 32.9. The van der Waals surface area contributed by atoms with Crippen LogP contribution in [0.2, 0.25) is 0 Å². The maximum atomic E-state index is 12.1. The minimum Gasteiger partial charge on any atom is -0.466 e. The fraction of sp³-hybridized carbons (Fsp3) is 0.615. The van der Waals surface area contributed by atoms with Gasteiger partial charge >= 0.3 is 5.97 Å². The maximum Gasteiger partial charge on any atom is 0.338 e. The molecule has 1 aliphatic rings. The Morgan fingerprint density at radius 3 is 2.62 bits per heavy atom. The van der Waals surface area contributed by atoms with Gasteiger partial charge in [-0.2, -0.15) is 0 Å². The Bertz CT molecular complexity index is 445. The average molecular weight is 302 g/mol. The molecule has 1 fully saturated rings. The zero-order valence-corrected chi connectivity index (χ0v) is 11.7. The third-order valence-corrected chi connectivity index (χ3v) is 3.22. The number of hydrogen-bond donors (Lipinski definition) is 2. The summed E-state index contributed by atoms with van der Waals surface area (Å²) < 4.78 is 25.3. The average Bonchev–Trinajstić information content (AvgIpc) is 3.00. The first-order chi connectivity index (χ1) is 10.1. The number of rotatable bonds is 5. The van der Waals surface area contributed by atoms with Crippen LogP contribution in [0.25, 0.3) is 0 Å². The standard InChI is InChI=1S/C13H18O8/c1-17-10-8(14)9(15)13(18-2)21-11(10)12(16)20-6-7-4-3-5-19-7/h3-5,8-11,13-15H,6H2,1-2H3/t8-,9+,10+,11?,13-/m1/s1. The van der Waals surface area contributed by atoms with Crippen LogP contribution in [0.4, 0.5) is 0 Å². The first kappa shape index (κ1) is 15.9. The number of aliphatic hydroxyl groups is 2. The minimum atomic E-state index is -1.34. The predicted octanol–water partition coefficient (Wildman–Crippen LogP) is -0.569. The van der Waals surface area contributed by atoms with Crippen molar-refractivity contribution in [3.8, 4) is 0 Å². The molecule has 0 saturated carbocycles. The molecule has 1 aromatic heterocycles. The van der Waals surface area contributed by atoms with Crippen molar-refractivity contribution in [2.45, 2.75) is 37.3 Å². The monoisotopic (exact) mass is 302 g/mol. The second-order valence-electron chi connectivity index (χ2n) is 4.53.